The van der Waals surface area contributed by atoms with Crippen LogP contribution in [0.3, 0.4) is 0 Å². The largest absolute Gasteiger partial charge is 0.393 e. The fourth-order valence-corrected chi connectivity index (χ4v) is 3.61. The monoisotopic (exact) mass is 309 g/mol. The highest BCUT2D eigenvalue weighted by molar-refractivity contribution is 5.76. The van der Waals surface area contributed by atoms with E-state index in [9.17, 15) is 14.7 Å². The summed E-state index contributed by atoms with van der Waals surface area (Å²) in [5, 5.41) is 15.8. The van der Waals surface area contributed by atoms with Crippen molar-refractivity contribution in [2.75, 3.05) is 13.1 Å². The molecular weight excluding hydrogens is 282 g/mol. The number of likely N-dealkylation sites (tertiary alicyclic amines) is 1. The zero-order valence-corrected chi connectivity index (χ0v) is 13.5. The first-order valence-corrected chi connectivity index (χ1v) is 8.42. The van der Waals surface area contributed by atoms with Crippen LogP contribution in [0.1, 0.15) is 46.0 Å². The molecule has 3 fully saturated rings. The minimum atomic E-state index is -0.182. The number of nitrogens with zero attached hydrogens (tertiary/aromatic N) is 1. The molecule has 3 rings (SSSR count). The highest BCUT2D eigenvalue weighted by atomic mass is 16.3. The minimum absolute atomic E-state index is 0.0828. The van der Waals surface area contributed by atoms with Crippen molar-refractivity contribution in [3.05, 3.63) is 0 Å². The third kappa shape index (κ3) is 3.37. The summed E-state index contributed by atoms with van der Waals surface area (Å²) in [6.07, 6.45) is 4.37. The molecule has 6 heteroatoms. The molecule has 6 nitrogen and oxygen atoms in total. The molecule has 0 spiro atoms. The average molecular weight is 309 g/mol. The van der Waals surface area contributed by atoms with E-state index in [0.717, 1.165) is 45.2 Å². The number of carbonyl (C=O) groups excluding carboxylic acids is 2. The van der Waals surface area contributed by atoms with Gasteiger partial charge in [0.05, 0.1) is 6.10 Å². The van der Waals surface area contributed by atoms with Crippen molar-refractivity contribution >= 4 is 11.9 Å². The molecule has 3 atom stereocenters. The lowest BCUT2D eigenvalue weighted by atomic mass is 10.0. The highest BCUT2D eigenvalue weighted by Crippen LogP contribution is 2.51. The molecule has 3 amide bonds. The lowest BCUT2D eigenvalue weighted by Gasteiger charge is -2.32. The van der Waals surface area contributed by atoms with Gasteiger partial charge in [0.1, 0.15) is 0 Å². The Labute approximate surface area is 131 Å². The standard InChI is InChI=1S/C16H27N3O3/c1-10-13(14(10)21)9-16(5-6-16)18-15(22)17-12-3-7-19(8-4-12)11(2)20/h10,12-14,21H,3-9H2,1-2H3,(H2,17,18,22)/t10-,13?,14+/m1/s1. The summed E-state index contributed by atoms with van der Waals surface area (Å²) in [6.45, 7) is 5.09. The van der Waals surface area contributed by atoms with E-state index in [4.69, 9.17) is 0 Å². The van der Waals surface area contributed by atoms with Crippen LogP contribution >= 0.6 is 0 Å². The molecule has 2 aliphatic carbocycles. The number of amides is 3. The summed E-state index contributed by atoms with van der Waals surface area (Å²) < 4.78 is 0. The van der Waals surface area contributed by atoms with Crippen LogP contribution in [0.4, 0.5) is 4.79 Å². The Hall–Kier alpha value is -1.30. The molecule has 0 radical (unpaired) electrons. The third-order valence-electron chi connectivity index (χ3n) is 5.65. The van der Waals surface area contributed by atoms with Gasteiger partial charge < -0.3 is 20.6 Å². The molecule has 3 N–H and O–H groups in total. The minimum Gasteiger partial charge on any atom is -0.393 e. The van der Waals surface area contributed by atoms with E-state index in [1.807, 2.05) is 4.90 Å². The van der Waals surface area contributed by atoms with Crippen LogP contribution < -0.4 is 10.6 Å². The van der Waals surface area contributed by atoms with E-state index in [0.29, 0.717) is 11.8 Å². The second-order valence-electron chi connectivity index (χ2n) is 7.38. The zero-order chi connectivity index (χ0) is 15.9. The number of hydrogen-bond donors (Lipinski definition) is 3. The summed E-state index contributed by atoms with van der Waals surface area (Å²) >= 11 is 0. The van der Waals surface area contributed by atoms with Gasteiger partial charge in [-0.05, 0) is 43.9 Å². The lowest BCUT2D eigenvalue weighted by molar-refractivity contribution is -0.129. The van der Waals surface area contributed by atoms with Gasteiger partial charge >= 0.3 is 6.03 Å². The van der Waals surface area contributed by atoms with E-state index in [-0.39, 0.29) is 29.6 Å². The van der Waals surface area contributed by atoms with Gasteiger partial charge in [0.2, 0.25) is 5.91 Å². The summed E-state index contributed by atoms with van der Waals surface area (Å²) in [5.41, 5.74) is -0.0828. The number of aliphatic hydroxyl groups is 1. The smallest absolute Gasteiger partial charge is 0.315 e. The van der Waals surface area contributed by atoms with Gasteiger partial charge in [-0.1, -0.05) is 6.92 Å². The second-order valence-corrected chi connectivity index (χ2v) is 7.38. The quantitative estimate of drug-likeness (QED) is 0.720. The van der Waals surface area contributed by atoms with Gasteiger partial charge in [-0.2, -0.15) is 0 Å². The van der Waals surface area contributed by atoms with Crippen molar-refractivity contribution in [3.8, 4) is 0 Å². The highest BCUT2D eigenvalue weighted by Gasteiger charge is 2.54. The Morgan fingerprint density at radius 1 is 1.27 bits per heavy atom. The summed E-state index contributed by atoms with van der Waals surface area (Å²) in [4.78, 5) is 25.3. The molecule has 1 heterocycles. The number of hydrogen-bond acceptors (Lipinski definition) is 3. The maximum atomic E-state index is 12.2. The van der Waals surface area contributed by atoms with E-state index < -0.39 is 0 Å². The third-order valence-corrected chi connectivity index (χ3v) is 5.65. The maximum absolute atomic E-state index is 12.2. The van der Waals surface area contributed by atoms with Crippen molar-refractivity contribution < 1.29 is 14.7 Å². The predicted octanol–water partition coefficient (Wildman–Crippen LogP) is 0.846. The summed E-state index contributed by atoms with van der Waals surface area (Å²) in [6, 6.07) is 0.0541. The maximum Gasteiger partial charge on any atom is 0.315 e. The Balaban J connectivity index is 1.41. The number of rotatable bonds is 4. The van der Waals surface area contributed by atoms with Crippen molar-refractivity contribution in [2.45, 2.75) is 63.6 Å². The molecule has 0 bridgehead atoms. The first-order chi connectivity index (χ1) is 10.4. The van der Waals surface area contributed by atoms with Crippen molar-refractivity contribution in [1.82, 2.24) is 15.5 Å². The van der Waals surface area contributed by atoms with E-state index in [1.165, 1.54) is 0 Å². The van der Waals surface area contributed by atoms with Gasteiger partial charge in [-0.15, -0.1) is 0 Å². The van der Waals surface area contributed by atoms with Crippen molar-refractivity contribution in [3.63, 3.8) is 0 Å². The van der Waals surface area contributed by atoms with Crippen LogP contribution in [-0.2, 0) is 4.79 Å². The predicted molar refractivity (Wildman–Crippen MR) is 82.2 cm³/mol. The van der Waals surface area contributed by atoms with Crippen molar-refractivity contribution in [2.24, 2.45) is 11.8 Å². The van der Waals surface area contributed by atoms with Gasteiger partial charge in [0, 0.05) is 31.6 Å². The van der Waals surface area contributed by atoms with Crippen LogP contribution in [-0.4, -0.2) is 52.7 Å². The van der Waals surface area contributed by atoms with Gasteiger partial charge in [0.15, 0.2) is 0 Å². The second kappa shape index (κ2) is 5.72. The Morgan fingerprint density at radius 2 is 1.86 bits per heavy atom. The molecule has 1 aliphatic heterocycles. The number of aliphatic hydroxyl groups excluding tert-OH is 1. The molecule has 1 saturated heterocycles. The number of piperidine rings is 1. The summed E-state index contributed by atoms with van der Waals surface area (Å²) in [5.74, 6) is 0.830. The molecule has 124 valence electrons. The summed E-state index contributed by atoms with van der Waals surface area (Å²) in [7, 11) is 0. The van der Waals surface area contributed by atoms with Gasteiger partial charge in [0.25, 0.3) is 0 Å². The van der Waals surface area contributed by atoms with Gasteiger partial charge in [-0.3, -0.25) is 4.79 Å². The molecule has 1 unspecified atom stereocenters. The van der Waals surface area contributed by atoms with E-state index in [2.05, 4.69) is 17.6 Å². The topological polar surface area (TPSA) is 81.7 Å². The van der Waals surface area contributed by atoms with Crippen molar-refractivity contribution in [1.29, 1.82) is 0 Å². The molecule has 0 aromatic heterocycles. The molecule has 2 saturated carbocycles. The van der Waals surface area contributed by atoms with Crippen LogP contribution in [0.15, 0.2) is 0 Å². The molecule has 22 heavy (non-hydrogen) atoms. The Morgan fingerprint density at radius 3 is 2.32 bits per heavy atom. The van der Waals surface area contributed by atoms with Crippen LogP contribution in [0.2, 0.25) is 0 Å². The normalized spacial score (nSPS) is 33.2. The molecule has 3 aliphatic rings. The molecule has 0 aromatic rings. The number of nitrogens with one attached hydrogen (secondary N) is 2. The average Bonchev–Trinajstić information content (AvgIpc) is 3.35. The molecular formula is C16H27N3O3. The zero-order valence-electron chi connectivity index (χ0n) is 13.5. The Bertz CT molecular complexity index is 448. The van der Waals surface area contributed by atoms with E-state index >= 15 is 0 Å². The first kappa shape index (κ1) is 15.6. The van der Waals surface area contributed by atoms with Gasteiger partial charge in [-0.25, -0.2) is 4.79 Å². The van der Waals surface area contributed by atoms with Crippen LogP contribution in [0.5, 0.6) is 0 Å². The van der Waals surface area contributed by atoms with Crippen LogP contribution in [0, 0.1) is 11.8 Å². The van der Waals surface area contributed by atoms with E-state index in [1.54, 1.807) is 6.92 Å². The lowest BCUT2D eigenvalue weighted by Crippen LogP contribution is -2.51. The first-order valence-electron chi connectivity index (χ1n) is 8.42. The van der Waals surface area contributed by atoms with Crippen LogP contribution in [0.25, 0.3) is 0 Å². The number of carbonyl (C=O) groups is 2. The molecule has 0 aromatic carbocycles. The fraction of sp³-hybridized carbons (Fsp3) is 0.875. The number of urea groups is 1. The Kier molecular flexibility index (Phi) is 4.05. The fourth-order valence-electron chi connectivity index (χ4n) is 3.61. The SMILES string of the molecule is CC(=O)N1CCC(NC(=O)NC2(CC3[C@@H](C)[C@@H]3O)CC2)CC1.